The van der Waals surface area contributed by atoms with Gasteiger partial charge in [-0.2, -0.15) is 0 Å². The van der Waals surface area contributed by atoms with Gasteiger partial charge in [-0.1, -0.05) is 18.2 Å². The summed E-state index contributed by atoms with van der Waals surface area (Å²) >= 11 is 3.51. The number of rotatable bonds is 5. The van der Waals surface area contributed by atoms with Crippen molar-refractivity contribution in [3.05, 3.63) is 52.0 Å². The Kier molecular flexibility index (Phi) is 5.39. The lowest BCUT2D eigenvalue weighted by molar-refractivity contribution is 0.309. The Morgan fingerprint density at radius 2 is 2.00 bits per heavy atom. The number of halogens is 1. The average molecular weight is 348 g/mol. The summed E-state index contributed by atoms with van der Waals surface area (Å²) in [5, 5.41) is 0. The lowest BCUT2D eigenvalue weighted by Gasteiger charge is -2.12. The second-order valence-corrected chi connectivity index (χ2v) is 5.37. The number of hydrogen-bond acceptors (Lipinski definition) is 3. The molecule has 110 valence electrons. The van der Waals surface area contributed by atoms with Crippen molar-refractivity contribution >= 4 is 27.8 Å². The molecule has 0 aromatic heterocycles. The smallest absolute Gasteiger partial charge is 0.175 e. The molecule has 0 bridgehead atoms. The quantitative estimate of drug-likeness (QED) is 0.719. The number of hydrogen-bond donors (Lipinski definition) is 0. The molecule has 0 spiro atoms. The van der Waals surface area contributed by atoms with Gasteiger partial charge in [0.1, 0.15) is 0 Å². The highest BCUT2D eigenvalue weighted by Gasteiger charge is 2.10. The van der Waals surface area contributed by atoms with Crippen LogP contribution in [0.15, 0.2) is 45.9 Å². The first-order chi connectivity index (χ1) is 10.2. The molecule has 0 heterocycles. The number of ether oxygens (including phenoxy) is 2. The topological polar surface area (TPSA) is 30.8 Å². The fourth-order valence-corrected chi connectivity index (χ4v) is 2.53. The molecule has 0 amide bonds. The van der Waals surface area contributed by atoms with Crippen LogP contribution in [-0.2, 0) is 0 Å². The van der Waals surface area contributed by atoms with Gasteiger partial charge >= 0.3 is 0 Å². The largest absolute Gasteiger partial charge is 0.493 e. The molecule has 0 saturated heterocycles. The van der Waals surface area contributed by atoms with E-state index in [9.17, 15) is 0 Å². The van der Waals surface area contributed by atoms with Crippen molar-refractivity contribution < 1.29 is 9.47 Å². The minimum Gasteiger partial charge on any atom is -0.493 e. The minimum absolute atomic E-state index is 0.589. The summed E-state index contributed by atoms with van der Waals surface area (Å²) in [6.07, 6.45) is 1.82. The Morgan fingerprint density at radius 1 is 1.24 bits per heavy atom. The molecule has 2 aromatic rings. The second kappa shape index (κ2) is 7.27. The van der Waals surface area contributed by atoms with Gasteiger partial charge in [-0.05, 0) is 59.1 Å². The van der Waals surface area contributed by atoms with E-state index in [-0.39, 0.29) is 0 Å². The predicted molar refractivity (Wildman–Crippen MR) is 90.3 cm³/mol. The van der Waals surface area contributed by atoms with Crippen LogP contribution in [0.3, 0.4) is 0 Å². The van der Waals surface area contributed by atoms with Gasteiger partial charge < -0.3 is 9.47 Å². The first-order valence-electron chi connectivity index (χ1n) is 6.75. The van der Waals surface area contributed by atoms with Crippen LogP contribution in [0.25, 0.3) is 0 Å². The zero-order chi connectivity index (χ0) is 15.2. The van der Waals surface area contributed by atoms with E-state index in [2.05, 4.69) is 20.9 Å². The molecule has 0 atom stereocenters. The van der Waals surface area contributed by atoms with Gasteiger partial charge in [0.05, 0.1) is 23.9 Å². The van der Waals surface area contributed by atoms with E-state index in [1.807, 2.05) is 56.5 Å². The lowest BCUT2D eigenvalue weighted by atomic mass is 10.2. The van der Waals surface area contributed by atoms with E-state index in [1.165, 1.54) is 0 Å². The van der Waals surface area contributed by atoms with Gasteiger partial charge in [0.15, 0.2) is 11.5 Å². The van der Waals surface area contributed by atoms with Crippen LogP contribution in [-0.4, -0.2) is 19.9 Å². The Balaban J connectivity index is 2.33. The molecule has 2 rings (SSSR count). The molecule has 0 unspecified atom stereocenters. The van der Waals surface area contributed by atoms with Crippen LogP contribution >= 0.6 is 15.9 Å². The Labute approximate surface area is 133 Å². The molecule has 0 aliphatic rings. The van der Waals surface area contributed by atoms with Gasteiger partial charge in [-0.3, -0.25) is 4.99 Å². The Bertz CT molecular complexity index is 653. The third-order valence-electron chi connectivity index (χ3n) is 3.01. The summed E-state index contributed by atoms with van der Waals surface area (Å²) in [6.45, 7) is 4.58. The second-order valence-electron chi connectivity index (χ2n) is 4.51. The number of nitrogens with zero attached hydrogens (tertiary/aromatic N) is 1. The van der Waals surface area contributed by atoms with Crippen molar-refractivity contribution in [1.82, 2.24) is 0 Å². The molecule has 21 heavy (non-hydrogen) atoms. The molecular formula is C17H18BrNO2. The van der Waals surface area contributed by atoms with Crippen molar-refractivity contribution in [1.29, 1.82) is 0 Å². The van der Waals surface area contributed by atoms with E-state index < -0.39 is 0 Å². The maximum atomic E-state index is 5.58. The molecule has 0 N–H and O–H groups in total. The van der Waals surface area contributed by atoms with Gasteiger partial charge in [-0.15, -0.1) is 0 Å². The molecule has 0 aliphatic carbocycles. The summed E-state index contributed by atoms with van der Waals surface area (Å²) in [5.41, 5.74) is 3.05. The van der Waals surface area contributed by atoms with E-state index in [1.54, 1.807) is 7.11 Å². The molecule has 0 aliphatic heterocycles. The third-order valence-corrected chi connectivity index (χ3v) is 3.60. The Hall–Kier alpha value is -1.81. The van der Waals surface area contributed by atoms with Gasteiger partial charge in [0, 0.05) is 6.21 Å². The highest BCUT2D eigenvalue weighted by molar-refractivity contribution is 9.10. The minimum atomic E-state index is 0.589. The number of para-hydroxylation sites is 1. The average Bonchev–Trinajstić information content (AvgIpc) is 2.48. The van der Waals surface area contributed by atoms with Crippen molar-refractivity contribution in [2.24, 2.45) is 4.99 Å². The molecular weight excluding hydrogens is 330 g/mol. The first kappa shape index (κ1) is 15.6. The van der Waals surface area contributed by atoms with E-state index >= 15 is 0 Å². The summed E-state index contributed by atoms with van der Waals surface area (Å²) in [4.78, 5) is 4.53. The molecule has 0 fully saturated rings. The summed E-state index contributed by atoms with van der Waals surface area (Å²) < 4.78 is 11.8. The monoisotopic (exact) mass is 347 g/mol. The summed E-state index contributed by atoms with van der Waals surface area (Å²) in [6, 6.07) is 11.9. The van der Waals surface area contributed by atoms with Crippen molar-refractivity contribution in [3.63, 3.8) is 0 Å². The fraction of sp³-hybridized carbons (Fsp3) is 0.235. The number of aryl methyl sites for hydroxylation is 1. The molecule has 3 nitrogen and oxygen atoms in total. The van der Waals surface area contributed by atoms with E-state index in [0.29, 0.717) is 18.1 Å². The van der Waals surface area contributed by atoms with Crippen molar-refractivity contribution in [3.8, 4) is 11.5 Å². The van der Waals surface area contributed by atoms with Crippen LogP contribution in [0.1, 0.15) is 18.1 Å². The summed E-state index contributed by atoms with van der Waals surface area (Å²) in [7, 11) is 1.63. The van der Waals surface area contributed by atoms with Crippen LogP contribution in [0.5, 0.6) is 11.5 Å². The fourth-order valence-electron chi connectivity index (χ4n) is 1.95. The standard InChI is InChI=1S/C17H18BrNO2/c1-4-21-17-14(18)9-13(10-16(17)20-3)11-19-15-8-6-5-7-12(15)2/h5-11H,4H2,1-3H3. The molecule has 0 radical (unpaired) electrons. The van der Waals surface area contributed by atoms with Gasteiger partial charge in [0.25, 0.3) is 0 Å². The first-order valence-corrected chi connectivity index (χ1v) is 7.55. The summed E-state index contributed by atoms with van der Waals surface area (Å²) in [5.74, 6) is 1.41. The van der Waals surface area contributed by atoms with Crippen molar-refractivity contribution in [2.45, 2.75) is 13.8 Å². The van der Waals surface area contributed by atoms with E-state index in [0.717, 1.165) is 21.3 Å². The van der Waals surface area contributed by atoms with Crippen LogP contribution in [0.2, 0.25) is 0 Å². The number of aliphatic imine (C=N–C) groups is 1. The maximum Gasteiger partial charge on any atom is 0.175 e. The number of benzene rings is 2. The van der Waals surface area contributed by atoms with Crippen LogP contribution in [0.4, 0.5) is 5.69 Å². The van der Waals surface area contributed by atoms with E-state index in [4.69, 9.17) is 9.47 Å². The highest BCUT2D eigenvalue weighted by atomic mass is 79.9. The van der Waals surface area contributed by atoms with Gasteiger partial charge in [-0.25, -0.2) is 0 Å². The SMILES string of the molecule is CCOc1c(Br)cc(C=Nc2ccccc2C)cc1OC. The highest BCUT2D eigenvalue weighted by Crippen LogP contribution is 2.36. The van der Waals surface area contributed by atoms with Gasteiger partial charge in [0.2, 0.25) is 0 Å². The lowest BCUT2D eigenvalue weighted by Crippen LogP contribution is -1.97. The van der Waals surface area contributed by atoms with Crippen LogP contribution < -0.4 is 9.47 Å². The molecule has 0 saturated carbocycles. The predicted octanol–water partition coefficient (Wildman–Crippen LogP) is 4.92. The molecule has 4 heteroatoms. The zero-order valence-corrected chi connectivity index (χ0v) is 14.0. The van der Waals surface area contributed by atoms with Crippen LogP contribution in [0, 0.1) is 6.92 Å². The normalized spacial score (nSPS) is 10.9. The third kappa shape index (κ3) is 3.85. The molecule has 2 aromatic carbocycles. The number of methoxy groups -OCH3 is 1. The zero-order valence-electron chi connectivity index (χ0n) is 12.4. The maximum absolute atomic E-state index is 5.58. The Morgan fingerprint density at radius 3 is 2.67 bits per heavy atom. The van der Waals surface area contributed by atoms with Crippen molar-refractivity contribution in [2.75, 3.05) is 13.7 Å².